The number of nitrogens with zero attached hydrogens (tertiary/aromatic N) is 1. The van der Waals surface area contributed by atoms with Crippen molar-refractivity contribution in [2.75, 3.05) is 26.5 Å². The molecule has 0 saturated heterocycles. The average molecular weight is 369 g/mol. The topological polar surface area (TPSA) is 58.6 Å². The molecular weight excluding hydrogens is 348 g/mol. The fraction of sp³-hybridized carbons (Fsp3) is 0.294. The number of ether oxygens (including phenoxy) is 1. The van der Waals surface area contributed by atoms with Crippen molar-refractivity contribution in [1.29, 1.82) is 0 Å². The van der Waals surface area contributed by atoms with Crippen LogP contribution in [0.5, 0.6) is 5.75 Å². The first-order chi connectivity index (χ1) is 11.3. The third-order valence-corrected chi connectivity index (χ3v) is 5.75. The van der Waals surface area contributed by atoms with E-state index in [-0.39, 0.29) is 4.90 Å². The Hall–Kier alpha value is -1.76. The first-order valence-electron chi connectivity index (χ1n) is 7.35. The normalized spacial score (nSPS) is 11.6. The molecule has 0 aromatic heterocycles. The predicted octanol–water partition coefficient (Wildman–Crippen LogP) is 3.52. The summed E-state index contributed by atoms with van der Waals surface area (Å²) in [4.78, 5) is 0.249. The average Bonchev–Trinajstić information content (AvgIpc) is 2.53. The lowest BCUT2D eigenvalue weighted by molar-refractivity contribution is 0.410. The van der Waals surface area contributed by atoms with Crippen LogP contribution in [0.3, 0.4) is 0 Å². The molecule has 2 rings (SSSR count). The van der Waals surface area contributed by atoms with Gasteiger partial charge in [0.2, 0.25) is 10.0 Å². The van der Waals surface area contributed by atoms with Gasteiger partial charge in [-0.15, -0.1) is 0 Å². The zero-order valence-corrected chi connectivity index (χ0v) is 15.7. The molecule has 0 bridgehead atoms. The van der Waals surface area contributed by atoms with Gasteiger partial charge in [0.05, 0.1) is 12.0 Å². The van der Waals surface area contributed by atoms with Gasteiger partial charge in [-0.1, -0.05) is 17.7 Å². The van der Waals surface area contributed by atoms with Crippen LogP contribution in [0.25, 0.3) is 0 Å². The summed E-state index contributed by atoms with van der Waals surface area (Å²) < 4.78 is 31.1. The number of nitrogens with one attached hydrogen (secondary N) is 1. The van der Waals surface area contributed by atoms with E-state index in [1.54, 1.807) is 37.4 Å². The summed E-state index contributed by atoms with van der Waals surface area (Å²) in [6.45, 7) is 2.39. The Morgan fingerprint density at radius 3 is 2.50 bits per heavy atom. The number of rotatable bonds is 6. The maximum Gasteiger partial charge on any atom is 0.242 e. The predicted molar refractivity (Wildman–Crippen MR) is 97.4 cm³/mol. The zero-order valence-electron chi connectivity index (χ0n) is 14.1. The summed E-state index contributed by atoms with van der Waals surface area (Å²) in [5.41, 5.74) is 2.60. The summed E-state index contributed by atoms with van der Waals surface area (Å²) >= 11 is 6.04. The van der Waals surface area contributed by atoms with Gasteiger partial charge in [-0.05, 0) is 42.8 Å². The number of benzene rings is 2. The van der Waals surface area contributed by atoms with E-state index in [1.165, 1.54) is 18.4 Å². The molecule has 0 amide bonds. The number of anilines is 1. The van der Waals surface area contributed by atoms with Gasteiger partial charge in [-0.2, -0.15) is 0 Å². The molecule has 0 atom stereocenters. The minimum Gasteiger partial charge on any atom is -0.496 e. The Morgan fingerprint density at radius 1 is 1.17 bits per heavy atom. The SMILES string of the molecule is COc1ccc(Cl)cc1CNc1cc(S(=O)(=O)N(C)C)ccc1C. The van der Waals surface area contributed by atoms with Crippen LogP contribution < -0.4 is 10.1 Å². The van der Waals surface area contributed by atoms with Gasteiger partial charge in [0.15, 0.2) is 0 Å². The second-order valence-corrected chi connectivity index (χ2v) is 8.16. The van der Waals surface area contributed by atoms with E-state index in [0.29, 0.717) is 11.6 Å². The minimum absolute atomic E-state index is 0.249. The van der Waals surface area contributed by atoms with Crippen LogP contribution in [-0.4, -0.2) is 33.9 Å². The molecule has 0 heterocycles. The van der Waals surface area contributed by atoms with E-state index in [2.05, 4.69) is 5.32 Å². The van der Waals surface area contributed by atoms with Crippen molar-refractivity contribution in [3.63, 3.8) is 0 Å². The van der Waals surface area contributed by atoms with E-state index < -0.39 is 10.0 Å². The molecule has 2 aromatic rings. The van der Waals surface area contributed by atoms with Gasteiger partial charge in [0, 0.05) is 36.9 Å². The van der Waals surface area contributed by atoms with Crippen LogP contribution in [0.15, 0.2) is 41.3 Å². The minimum atomic E-state index is -3.47. The van der Waals surface area contributed by atoms with Gasteiger partial charge in [-0.3, -0.25) is 0 Å². The Bertz CT molecular complexity index is 836. The van der Waals surface area contributed by atoms with Gasteiger partial charge >= 0.3 is 0 Å². The fourth-order valence-corrected chi connectivity index (χ4v) is 3.36. The molecular formula is C17H21ClN2O3S. The van der Waals surface area contributed by atoms with Gasteiger partial charge < -0.3 is 10.1 Å². The number of hydrogen-bond acceptors (Lipinski definition) is 4. The number of halogens is 1. The van der Waals surface area contributed by atoms with Gasteiger partial charge in [-0.25, -0.2) is 12.7 Å². The van der Waals surface area contributed by atoms with E-state index in [1.807, 2.05) is 13.0 Å². The second-order valence-electron chi connectivity index (χ2n) is 5.57. The van der Waals surface area contributed by atoms with Gasteiger partial charge in [0.25, 0.3) is 0 Å². The van der Waals surface area contributed by atoms with Crippen LogP contribution in [0.1, 0.15) is 11.1 Å². The number of methoxy groups -OCH3 is 1. The van der Waals surface area contributed by atoms with E-state index in [4.69, 9.17) is 16.3 Å². The van der Waals surface area contributed by atoms with Gasteiger partial charge in [0.1, 0.15) is 5.75 Å². The van der Waals surface area contributed by atoms with Crippen LogP contribution in [0.4, 0.5) is 5.69 Å². The summed E-state index contributed by atoms with van der Waals surface area (Å²) in [6, 6.07) is 10.4. The van der Waals surface area contributed by atoms with Crippen molar-refractivity contribution in [2.24, 2.45) is 0 Å². The quantitative estimate of drug-likeness (QED) is 0.847. The second kappa shape index (κ2) is 7.42. The molecule has 130 valence electrons. The smallest absolute Gasteiger partial charge is 0.242 e. The number of aryl methyl sites for hydroxylation is 1. The van der Waals surface area contributed by atoms with Crippen LogP contribution in [0.2, 0.25) is 5.02 Å². The Morgan fingerprint density at radius 2 is 1.88 bits per heavy atom. The molecule has 0 spiro atoms. The van der Waals surface area contributed by atoms with Crippen molar-refractivity contribution in [3.05, 3.63) is 52.5 Å². The number of hydrogen-bond donors (Lipinski definition) is 1. The Labute approximate surface area is 148 Å². The maximum atomic E-state index is 12.3. The first kappa shape index (κ1) is 18.6. The molecule has 0 saturated carbocycles. The molecule has 24 heavy (non-hydrogen) atoms. The van der Waals surface area contributed by atoms with Crippen molar-refractivity contribution >= 4 is 27.3 Å². The number of sulfonamides is 1. The van der Waals surface area contributed by atoms with Crippen molar-refractivity contribution < 1.29 is 13.2 Å². The third kappa shape index (κ3) is 4.01. The molecule has 0 radical (unpaired) electrons. The lowest BCUT2D eigenvalue weighted by Gasteiger charge is -2.16. The monoisotopic (exact) mass is 368 g/mol. The fourth-order valence-electron chi connectivity index (χ4n) is 2.24. The standard InChI is InChI=1S/C17H21ClN2O3S/c1-12-5-7-15(24(21,22)20(2)3)10-16(12)19-11-13-9-14(18)6-8-17(13)23-4/h5-10,19H,11H2,1-4H3. The highest BCUT2D eigenvalue weighted by molar-refractivity contribution is 7.89. The summed E-state index contributed by atoms with van der Waals surface area (Å²) in [6.07, 6.45) is 0. The Kier molecular flexibility index (Phi) is 5.74. The highest BCUT2D eigenvalue weighted by Crippen LogP contribution is 2.26. The van der Waals surface area contributed by atoms with Crippen LogP contribution >= 0.6 is 11.6 Å². The van der Waals surface area contributed by atoms with Crippen molar-refractivity contribution in [1.82, 2.24) is 4.31 Å². The summed E-state index contributed by atoms with van der Waals surface area (Å²) in [5, 5.41) is 3.88. The zero-order chi connectivity index (χ0) is 17.9. The first-order valence-corrected chi connectivity index (χ1v) is 9.17. The summed E-state index contributed by atoms with van der Waals surface area (Å²) in [7, 11) is 1.15. The molecule has 0 fully saturated rings. The summed E-state index contributed by atoms with van der Waals surface area (Å²) in [5.74, 6) is 0.724. The molecule has 1 N–H and O–H groups in total. The maximum absolute atomic E-state index is 12.3. The van der Waals surface area contributed by atoms with Crippen LogP contribution in [-0.2, 0) is 16.6 Å². The van der Waals surface area contributed by atoms with Crippen LogP contribution in [0, 0.1) is 6.92 Å². The molecule has 0 aliphatic carbocycles. The molecule has 0 aliphatic rings. The molecule has 0 unspecified atom stereocenters. The largest absolute Gasteiger partial charge is 0.496 e. The molecule has 5 nitrogen and oxygen atoms in total. The third-order valence-electron chi connectivity index (χ3n) is 3.70. The lowest BCUT2D eigenvalue weighted by Crippen LogP contribution is -2.22. The molecule has 0 aliphatic heterocycles. The molecule has 2 aromatic carbocycles. The Balaban J connectivity index is 2.29. The lowest BCUT2D eigenvalue weighted by atomic mass is 10.1. The van der Waals surface area contributed by atoms with E-state index in [9.17, 15) is 8.42 Å². The van der Waals surface area contributed by atoms with Crippen molar-refractivity contribution in [2.45, 2.75) is 18.4 Å². The van der Waals surface area contributed by atoms with E-state index in [0.717, 1.165) is 22.6 Å². The van der Waals surface area contributed by atoms with Crippen molar-refractivity contribution in [3.8, 4) is 5.75 Å². The highest BCUT2D eigenvalue weighted by atomic mass is 35.5. The highest BCUT2D eigenvalue weighted by Gasteiger charge is 2.18. The van der Waals surface area contributed by atoms with E-state index >= 15 is 0 Å². The molecule has 7 heteroatoms.